The lowest BCUT2D eigenvalue weighted by Gasteiger charge is -2.36. The number of β-amino-alcohol motifs (C(OH)–C–C–N with tert-alkyl or cyclic N) is 1. The van der Waals surface area contributed by atoms with Gasteiger partial charge in [-0.15, -0.1) is 0 Å². The van der Waals surface area contributed by atoms with Crippen molar-refractivity contribution >= 4 is 17.2 Å². The maximum absolute atomic E-state index is 15.1. The average molecular weight is 516 g/mol. The molecule has 1 saturated heterocycles. The molecule has 5 N–H and O–H groups in total. The van der Waals surface area contributed by atoms with Crippen LogP contribution in [0.5, 0.6) is 5.75 Å². The number of ether oxygens (including phenoxy) is 1. The number of rotatable bonds is 7. The summed E-state index contributed by atoms with van der Waals surface area (Å²) in [5.41, 5.74) is 10.9. The molecule has 3 aromatic rings. The van der Waals surface area contributed by atoms with Crippen LogP contribution in [0.3, 0.4) is 0 Å². The van der Waals surface area contributed by atoms with Crippen molar-refractivity contribution in [1.29, 1.82) is 0 Å². The number of halogens is 3. The third kappa shape index (κ3) is 5.52. The minimum absolute atomic E-state index is 0.217. The van der Waals surface area contributed by atoms with E-state index in [0.717, 1.165) is 18.2 Å². The lowest BCUT2D eigenvalue weighted by molar-refractivity contribution is 0.0989. The second kappa shape index (κ2) is 10.7. The number of piperidine rings is 1. The Bertz CT molecular complexity index is 1320. The highest BCUT2D eigenvalue weighted by atomic mass is 19.1. The molecule has 3 heterocycles. The van der Waals surface area contributed by atoms with Gasteiger partial charge in [0, 0.05) is 55.3 Å². The van der Waals surface area contributed by atoms with Gasteiger partial charge in [-0.3, -0.25) is 9.78 Å². The predicted molar refractivity (Wildman–Crippen MR) is 133 cm³/mol. The quantitative estimate of drug-likeness (QED) is 0.409. The molecule has 37 heavy (non-hydrogen) atoms. The Labute approximate surface area is 212 Å². The molecule has 0 amide bonds. The number of Topliss-reactive ketones (excluding diaryl/α,β-unsaturated/α-hetero) is 1. The highest BCUT2D eigenvalue weighted by molar-refractivity contribution is 6.01. The molecule has 1 fully saturated rings. The fourth-order valence-electron chi connectivity index (χ4n) is 4.29. The zero-order chi connectivity index (χ0) is 26.9. The Morgan fingerprint density at radius 3 is 2.70 bits per heavy atom. The van der Waals surface area contributed by atoms with Gasteiger partial charge in [0.2, 0.25) is 0 Å². The van der Waals surface area contributed by atoms with E-state index < -0.39 is 46.7 Å². The van der Waals surface area contributed by atoms with Gasteiger partial charge in [0.05, 0.1) is 23.5 Å². The normalized spacial score (nSPS) is 17.8. The molecule has 4 rings (SSSR count). The molecule has 0 spiro atoms. The number of aromatic nitrogens is 2. The van der Waals surface area contributed by atoms with Crippen molar-refractivity contribution in [1.82, 2.24) is 9.97 Å². The molecule has 1 aliphatic rings. The maximum Gasteiger partial charge on any atom is 0.187 e. The number of pyridine rings is 2. The predicted octanol–water partition coefficient (Wildman–Crippen LogP) is 3.25. The summed E-state index contributed by atoms with van der Waals surface area (Å²) in [5.74, 6) is -4.17. The molecule has 11 heteroatoms. The average Bonchev–Trinajstić information content (AvgIpc) is 2.84. The summed E-state index contributed by atoms with van der Waals surface area (Å²) >= 11 is 0. The molecule has 1 aromatic carbocycles. The number of benzene rings is 1. The zero-order valence-corrected chi connectivity index (χ0v) is 20.4. The summed E-state index contributed by atoms with van der Waals surface area (Å²) in [6.45, 7) is 4.17. The van der Waals surface area contributed by atoms with Crippen LogP contribution in [0.4, 0.5) is 24.5 Å². The molecule has 0 unspecified atom stereocenters. The standard InChI is InChI=1S/C26H28F3N5O3/c1-13(2)37-22-4-3-15(27)23(24(22)29)25-16(28)10-18(31)26(33-25)20(35)9-14-11-32-7-5-19(14)34-8-6-17(30)21(36)12-34/h3-5,7,10-11,13,17,21,36H,6,8-9,12,30-31H2,1-2H3/t17-,21-/m1/s1. The molecule has 0 saturated carbocycles. The van der Waals surface area contributed by atoms with Crippen LogP contribution in [0.15, 0.2) is 36.7 Å². The van der Waals surface area contributed by atoms with Gasteiger partial charge in [-0.05, 0) is 38.5 Å². The first kappa shape index (κ1) is 26.4. The second-order valence-corrected chi connectivity index (χ2v) is 9.23. The SMILES string of the molecule is CC(C)Oc1ccc(F)c(-c2nc(C(=O)Cc3cnccc3N3CC[C@@H](N)[C@H](O)C3)c(N)cc2F)c1F. The van der Waals surface area contributed by atoms with E-state index >= 15 is 4.39 Å². The van der Waals surface area contributed by atoms with Crippen molar-refractivity contribution in [3.05, 3.63) is 65.4 Å². The number of anilines is 2. The second-order valence-electron chi connectivity index (χ2n) is 9.23. The molecular weight excluding hydrogens is 487 g/mol. The Kier molecular flexibility index (Phi) is 7.65. The van der Waals surface area contributed by atoms with Gasteiger partial charge in [-0.1, -0.05) is 0 Å². The van der Waals surface area contributed by atoms with Crippen LogP contribution < -0.4 is 21.1 Å². The van der Waals surface area contributed by atoms with Gasteiger partial charge in [-0.2, -0.15) is 0 Å². The zero-order valence-electron chi connectivity index (χ0n) is 20.4. The van der Waals surface area contributed by atoms with Crippen molar-refractivity contribution < 1.29 is 27.8 Å². The van der Waals surface area contributed by atoms with Crippen molar-refractivity contribution in [3.63, 3.8) is 0 Å². The molecule has 0 bridgehead atoms. The molecule has 2 aromatic heterocycles. The molecular formula is C26H28F3N5O3. The van der Waals surface area contributed by atoms with Crippen LogP contribution in [0.2, 0.25) is 0 Å². The smallest absolute Gasteiger partial charge is 0.187 e. The van der Waals surface area contributed by atoms with Crippen LogP contribution in [0, 0.1) is 17.5 Å². The number of hydrogen-bond donors (Lipinski definition) is 3. The van der Waals surface area contributed by atoms with E-state index in [2.05, 4.69) is 9.97 Å². The number of carbonyl (C=O) groups excluding carboxylic acids is 1. The number of aliphatic hydroxyl groups excluding tert-OH is 1. The number of carbonyl (C=O) groups is 1. The summed E-state index contributed by atoms with van der Waals surface area (Å²) in [5, 5.41) is 10.2. The number of nitrogen functional groups attached to an aromatic ring is 1. The van der Waals surface area contributed by atoms with Crippen molar-refractivity contribution in [2.75, 3.05) is 23.7 Å². The van der Waals surface area contributed by atoms with Gasteiger partial charge in [0.1, 0.15) is 17.2 Å². The topological polar surface area (TPSA) is 128 Å². The van der Waals surface area contributed by atoms with Gasteiger partial charge in [-0.25, -0.2) is 18.2 Å². The van der Waals surface area contributed by atoms with Gasteiger partial charge >= 0.3 is 0 Å². The van der Waals surface area contributed by atoms with E-state index in [-0.39, 0.29) is 36.1 Å². The molecule has 2 atom stereocenters. The monoisotopic (exact) mass is 515 g/mol. The van der Waals surface area contributed by atoms with Gasteiger partial charge in [0.15, 0.2) is 23.2 Å². The molecule has 0 radical (unpaired) electrons. The van der Waals surface area contributed by atoms with Crippen molar-refractivity contribution in [2.45, 2.75) is 44.9 Å². The number of ketones is 1. The van der Waals surface area contributed by atoms with Crippen molar-refractivity contribution in [3.8, 4) is 17.0 Å². The van der Waals surface area contributed by atoms with Crippen LogP contribution in [0.25, 0.3) is 11.3 Å². The van der Waals surface area contributed by atoms with Crippen LogP contribution >= 0.6 is 0 Å². The highest BCUT2D eigenvalue weighted by Crippen LogP contribution is 2.34. The Balaban J connectivity index is 1.69. The fraction of sp³-hybridized carbons (Fsp3) is 0.346. The summed E-state index contributed by atoms with van der Waals surface area (Å²) in [4.78, 5) is 23.2. The first-order valence-electron chi connectivity index (χ1n) is 11.8. The number of nitrogens with two attached hydrogens (primary N) is 2. The van der Waals surface area contributed by atoms with Crippen molar-refractivity contribution in [2.24, 2.45) is 5.73 Å². The van der Waals surface area contributed by atoms with E-state index in [4.69, 9.17) is 16.2 Å². The molecule has 0 aliphatic carbocycles. The first-order chi connectivity index (χ1) is 17.6. The lowest BCUT2D eigenvalue weighted by Crippen LogP contribution is -2.50. The third-order valence-electron chi connectivity index (χ3n) is 6.13. The Morgan fingerprint density at radius 2 is 2.00 bits per heavy atom. The largest absolute Gasteiger partial charge is 0.488 e. The summed E-state index contributed by atoms with van der Waals surface area (Å²) in [6.07, 6.45) is 2.25. The number of nitrogens with zero attached hydrogens (tertiary/aromatic N) is 3. The van der Waals surface area contributed by atoms with E-state index in [1.165, 1.54) is 6.20 Å². The van der Waals surface area contributed by atoms with E-state index in [1.54, 1.807) is 26.1 Å². The van der Waals surface area contributed by atoms with Crippen LogP contribution in [-0.2, 0) is 6.42 Å². The van der Waals surface area contributed by atoms with E-state index in [0.29, 0.717) is 24.2 Å². The summed E-state index contributed by atoms with van der Waals surface area (Å²) < 4.78 is 50.0. The van der Waals surface area contributed by atoms with Crippen LogP contribution in [-0.4, -0.2) is 52.2 Å². The van der Waals surface area contributed by atoms with Crippen LogP contribution in [0.1, 0.15) is 36.3 Å². The van der Waals surface area contributed by atoms with Gasteiger partial charge in [0.25, 0.3) is 0 Å². The fourth-order valence-corrected chi connectivity index (χ4v) is 4.29. The maximum atomic E-state index is 15.1. The highest BCUT2D eigenvalue weighted by Gasteiger charge is 2.28. The molecule has 196 valence electrons. The first-order valence-corrected chi connectivity index (χ1v) is 11.8. The van der Waals surface area contributed by atoms with E-state index in [9.17, 15) is 18.7 Å². The van der Waals surface area contributed by atoms with Gasteiger partial charge < -0.3 is 26.2 Å². The third-order valence-corrected chi connectivity index (χ3v) is 6.13. The molecule has 1 aliphatic heterocycles. The Hall–Kier alpha value is -3.70. The summed E-state index contributed by atoms with van der Waals surface area (Å²) in [6, 6.07) is 4.23. The summed E-state index contributed by atoms with van der Waals surface area (Å²) in [7, 11) is 0. The minimum atomic E-state index is -1.14. The lowest BCUT2D eigenvalue weighted by atomic mass is 9.99. The van der Waals surface area contributed by atoms with E-state index in [1.807, 2.05) is 4.90 Å². The number of aliphatic hydroxyl groups is 1. The number of hydrogen-bond acceptors (Lipinski definition) is 8. The minimum Gasteiger partial charge on any atom is -0.488 e. The Morgan fingerprint density at radius 1 is 1.24 bits per heavy atom. The molecule has 8 nitrogen and oxygen atoms in total.